The van der Waals surface area contributed by atoms with E-state index in [2.05, 4.69) is 30.3 Å². The summed E-state index contributed by atoms with van der Waals surface area (Å²) in [4.78, 5) is 10.6. The van der Waals surface area contributed by atoms with Crippen LogP contribution in [0.4, 0.5) is 0 Å². The van der Waals surface area contributed by atoms with Crippen LogP contribution in [0.1, 0.15) is 62.5 Å². The molecule has 0 bridgehead atoms. The first kappa shape index (κ1) is 20.2. The Kier molecular flexibility index (Phi) is 7.71. The van der Waals surface area contributed by atoms with E-state index in [9.17, 15) is 4.79 Å². The van der Waals surface area contributed by atoms with Crippen LogP contribution >= 0.6 is 0 Å². The fourth-order valence-corrected chi connectivity index (χ4v) is 3.83. The largest absolute Gasteiger partial charge is 0.489 e. The lowest BCUT2D eigenvalue weighted by atomic mass is 9.89. The van der Waals surface area contributed by atoms with E-state index >= 15 is 0 Å². The van der Waals surface area contributed by atoms with Gasteiger partial charge in [0.25, 0.3) is 0 Å². The summed E-state index contributed by atoms with van der Waals surface area (Å²) >= 11 is 0. The molecule has 0 amide bonds. The van der Waals surface area contributed by atoms with Crippen LogP contribution in [0.15, 0.2) is 60.2 Å². The molecule has 1 aliphatic rings. The Morgan fingerprint density at radius 3 is 2.32 bits per heavy atom. The minimum atomic E-state index is -0.735. The molecule has 0 aliphatic heterocycles. The van der Waals surface area contributed by atoms with E-state index in [1.54, 1.807) is 0 Å². The summed E-state index contributed by atoms with van der Waals surface area (Å²) in [5.41, 5.74) is 5.38. The molecule has 0 atom stereocenters. The van der Waals surface area contributed by atoms with Gasteiger partial charge in [-0.05, 0) is 72.9 Å². The van der Waals surface area contributed by atoms with Crippen LogP contribution in [0.2, 0.25) is 0 Å². The van der Waals surface area contributed by atoms with Gasteiger partial charge in [0.05, 0.1) is 0 Å². The van der Waals surface area contributed by atoms with E-state index in [1.165, 1.54) is 42.4 Å². The maximum Gasteiger partial charge on any atom is 0.303 e. The Labute approximate surface area is 168 Å². The molecule has 0 saturated carbocycles. The summed E-state index contributed by atoms with van der Waals surface area (Å²) in [5, 5.41) is 8.75. The van der Waals surface area contributed by atoms with Crippen molar-refractivity contribution in [2.24, 2.45) is 0 Å². The van der Waals surface area contributed by atoms with E-state index in [0.29, 0.717) is 13.0 Å². The molecule has 0 fully saturated rings. The molecule has 2 aromatic carbocycles. The molecule has 3 nitrogen and oxygen atoms in total. The summed E-state index contributed by atoms with van der Waals surface area (Å²) in [6, 6.07) is 18.8. The minimum Gasteiger partial charge on any atom is -0.489 e. The lowest BCUT2D eigenvalue weighted by molar-refractivity contribution is -0.137. The summed E-state index contributed by atoms with van der Waals surface area (Å²) < 4.78 is 6.14. The number of carboxylic acid groups (broad SMARTS) is 1. The summed E-state index contributed by atoms with van der Waals surface area (Å²) in [5.74, 6) is 0.144. The van der Waals surface area contributed by atoms with Gasteiger partial charge < -0.3 is 9.84 Å². The standard InChI is InChI=1S/C25H30O3/c26-25(27)14-8-9-20-15-17-23(18-16-20)28-19-22-12-4-1-2-7-13-24(22)21-10-5-3-6-11-21/h3,5-6,10-11,15-18H,1-2,4,7-9,12-14,19H2,(H,26,27)/b24-22-. The second-order valence-corrected chi connectivity index (χ2v) is 7.54. The maximum absolute atomic E-state index is 10.6. The maximum atomic E-state index is 10.6. The molecule has 1 N–H and O–H groups in total. The summed E-state index contributed by atoms with van der Waals surface area (Å²) in [6.45, 7) is 0.641. The molecule has 0 unspecified atom stereocenters. The van der Waals surface area contributed by atoms with Crippen molar-refractivity contribution in [1.29, 1.82) is 0 Å². The highest BCUT2D eigenvalue weighted by Crippen LogP contribution is 2.31. The molecule has 28 heavy (non-hydrogen) atoms. The summed E-state index contributed by atoms with van der Waals surface area (Å²) in [7, 11) is 0. The topological polar surface area (TPSA) is 46.5 Å². The first-order valence-electron chi connectivity index (χ1n) is 10.4. The molecule has 2 aromatic rings. The van der Waals surface area contributed by atoms with E-state index in [4.69, 9.17) is 9.84 Å². The van der Waals surface area contributed by atoms with Gasteiger partial charge in [-0.25, -0.2) is 0 Å². The van der Waals surface area contributed by atoms with Gasteiger partial charge in [0.2, 0.25) is 0 Å². The molecule has 0 spiro atoms. The Balaban J connectivity index is 1.65. The number of aliphatic carboxylic acids is 1. The molecule has 3 rings (SSSR count). The first-order valence-corrected chi connectivity index (χ1v) is 10.4. The third-order valence-electron chi connectivity index (χ3n) is 5.40. The number of rotatable bonds is 8. The van der Waals surface area contributed by atoms with Gasteiger partial charge in [-0.1, -0.05) is 55.3 Å². The number of carboxylic acids is 1. The minimum absolute atomic E-state index is 0.217. The molecular formula is C25H30O3. The smallest absolute Gasteiger partial charge is 0.303 e. The lowest BCUT2D eigenvalue weighted by Gasteiger charge is -2.19. The normalized spacial score (nSPS) is 17.6. The van der Waals surface area contributed by atoms with E-state index in [-0.39, 0.29) is 6.42 Å². The molecule has 0 radical (unpaired) electrons. The van der Waals surface area contributed by atoms with Gasteiger partial charge in [0.1, 0.15) is 12.4 Å². The van der Waals surface area contributed by atoms with Crippen molar-refractivity contribution < 1.29 is 14.6 Å². The van der Waals surface area contributed by atoms with Crippen LogP contribution in [0.5, 0.6) is 5.75 Å². The molecule has 0 heterocycles. The lowest BCUT2D eigenvalue weighted by Crippen LogP contribution is -2.07. The van der Waals surface area contributed by atoms with Crippen LogP contribution in [0.25, 0.3) is 5.57 Å². The van der Waals surface area contributed by atoms with E-state index < -0.39 is 5.97 Å². The van der Waals surface area contributed by atoms with Crippen LogP contribution in [-0.2, 0) is 11.2 Å². The fourth-order valence-electron chi connectivity index (χ4n) is 3.83. The molecule has 3 heteroatoms. The van der Waals surface area contributed by atoms with Crippen molar-refractivity contribution in [2.75, 3.05) is 6.61 Å². The van der Waals surface area contributed by atoms with Gasteiger partial charge in [-0.2, -0.15) is 0 Å². The van der Waals surface area contributed by atoms with Crippen LogP contribution < -0.4 is 4.74 Å². The Hall–Kier alpha value is -2.55. The van der Waals surface area contributed by atoms with Crippen molar-refractivity contribution in [2.45, 2.75) is 57.8 Å². The summed E-state index contributed by atoms with van der Waals surface area (Å²) in [6.07, 6.45) is 9.01. The van der Waals surface area contributed by atoms with E-state index in [1.807, 2.05) is 24.3 Å². The van der Waals surface area contributed by atoms with E-state index in [0.717, 1.165) is 30.6 Å². The van der Waals surface area contributed by atoms with Crippen LogP contribution in [-0.4, -0.2) is 17.7 Å². The SMILES string of the molecule is O=C(O)CCCc1ccc(OC/C2=C(\c3ccccc3)CCCCCC2)cc1. The van der Waals surface area contributed by atoms with Gasteiger partial charge in [-0.15, -0.1) is 0 Å². The number of carbonyl (C=O) groups is 1. The Morgan fingerprint density at radius 1 is 0.893 bits per heavy atom. The molecule has 1 aliphatic carbocycles. The fraction of sp³-hybridized carbons (Fsp3) is 0.400. The predicted octanol–water partition coefficient (Wildman–Crippen LogP) is 6.28. The number of allylic oxidation sites excluding steroid dienone is 1. The van der Waals surface area contributed by atoms with Crippen molar-refractivity contribution in [3.63, 3.8) is 0 Å². The van der Waals surface area contributed by atoms with Crippen molar-refractivity contribution in [3.05, 3.63) is 71.3 Å². The van der Waals surface area contributed by atoms with Crippen LogP contribution in [0, 0.1) is 0 Å². The highest BCUT2D eigenvalue weighted by atomic mass is 16.5. The third kappa shape index (κ3) is 6.26. The van der Waals surface area contributed by atoms with Gasteiger partial charge in [0.15, 0.2) is 0 Å². The first-order chi connectivity index (χ1) is 13.7. The third-order valence-corrected chi connectivity index (χ3v) is 5.40. The van der Waals surface area contributed by atoms with Crippen molar-refractivity contribution >= 4 is 11.5 Å². The number of hydrogen-bond donors (Lipinski definition) is 1. The van der Waals surface area contributed by atoms with Crippen molar-refractivity contribution in [3.8, 4) is 5.75 Å². The second kappa shape index (κ2) is 10.7. The number of hydrogen-bond acceptors (Lipinski definition) is 2. The zero-order valence-corrected chi connectivity index (χ0v) is 16.5. The van der Waals surface area contributed by atoms with Crippen LogP contribution in [0.3, 0.4) is 0 Å². The average Bonchev–Trinajstić information content (AvgIpc) is 2.69. The number of ether oxygens (including phenoxy) is 1. The Morgan fingerprint density at radius 2 is 1.61 bits per heavy atom. The highest BCUT2D eigenvalue weighted by Gasteiger charge is 2.13. The predicted molar refractivity (Wildman–Crippen MR) is 114 cm³/mol. The zero-order chi connectivity index (χ0) is 19.6. The van der Waals surface area contributed by atoms with Gasteiger partial charge in [0, 0.05) is 6.42 Å². The monoisotopic (exact) mass is 378 g/mol. The number of aryl methyl sites for hydroxylation is 1. The van der Waals surface area contributed by atoms with Crippen molar-refractivity contribution in [1.82, 2.24) is 0 Å². The molecule has 0 saturated heterocycles. The number of benzene rings is 2. The highest BCUT2D eigenvalue weighted by molar-refractivity contribution is 5.69. The zero-order valence-electron chi connectivity index (χ0n) is 16.5. The molecular weight excluding hydrogens is 348 g/mol. The second-order valence-electron chi connectivity index (χ2n) is 7.54. The molecule has 148 valence electrons. The van der Waals surface area contributed by atoms with Gasteiger partial charge in [-0.3, -0.25) is 4.79 Å². The molecule has 0 aromatic heterocycles. The average molecular weight is 379 g/mol. The van der Waals surface area contributed by atoms with Gasteiger partial charge >= 0.3 is 5.97 Å². The quantitative estimate of drug-likeness (QED) is 0.588. The Bertz CT molecular complexity index is 775.